The number of halogens is 1. The average Bonchev–Trinajstić information content (AvgIpc) is 2.34. The van der Waals surface area contributed by atoms with Gasteiger partial charge in [0.15, 0.2) is 0 Å². The molecule has 1 heterocycles. The van der Waals surface area contributed by atoms with E-state index >= 15 is 0 Å². The summed E-state index contributed by atoms with van der Waals surface area (Å²) in [6.07, 6.45) is 5.04. The van der Waals surface area contributed by atoms with Crippen molar-refractivity contribution in [2.45, 2.75) is 13.3 Å². The molecule has 0 saturated carbocycles. The summed E-state index contributed by atoms with van der Waals surface area (Å²) in [6, 6.07) is 1.99. The quantitative estimate of drug-likeness (QED) is 0.641. The van der Waals surface area contributed by atoms with E-state index in [1.807, 2.05) is 12.3 Å². The lowest BCUT2D eigenvalue weighted by Crippen LogP contribution is -1.88. The first-order valence-corrected chi connectivity index (χ1v) is 4.39. The second-order valence-electron chi connectivity index (χ2n) is 2.71. The zero-order valence-corrected chi connectivity index (χ0v) is 7.85. The predicted octanol–water partition coefficient (Wildman–Crippen LogP) is 2.80. The lowest BCUT2D eigenvalue weighted by Gasteiger charge is -2.01. The minimum absolute atomic E-state index is 0.987. The van der Waals surface area contributed by atoms with Crippen LogP contribution in [0.15, 0.2) is 22.8 Å². The molecule has 0 bridgehead atoms. The van der Waals surface area contributed by atoms with E-state index in [1.54, 1.807) is 0 Å². The number of aromatic nitrogens is 1. The van der Waals surface area contributed by atoms with E-state index in [2.05, 4.69) is 33.9 Å². The van der Waals surface area contributed by atoms with Gasteiger partial charge in [-0.25, -0.2) is 0 Å². The van der Waals surface area contributed by atoms with Crippen molar-refractivity contribution >= 4 is 21.5 Å². The number of pyridine rings is 1. The van der Waals surface area contributed by atoms with Crippen LogP contribution >= 0.6 is 15.9 Å². The Kier molecular flexibility index (Phi) is 1.57. The number of nitrogens with zero attached hydrogens (tertiary/aromatic N) is 1. The molecule has 0 fully saturated rings. The molecule has 2 heteroatoms. The van der Waals surface area contributed by atoms with Crippen LogP contribution in [0.1, 0.15) is 18.2 Å². The van der Waals surface area contributed by atoms with Gasteiger partial charge in [-0.2, -0.15) is 0 Å². The first-order chi connectivity index (χ1) is 5.29. The van der Waals surface area contributed by atoms with E-state index in [0.717, 1.165) is 10.9 Å². The Morgan fingerprint density at radius 1 is 1.55 bits per heavy atom. The maximum absolute atomic E-state index is 4.29. The van der Waals surface area contributed by atoms with Crippen LogP contribution in [0, 0.1) is 0 Å². The molecule has 2 rings (SSSR count). The molecule has 0 radical (unpaired) electrons. The van der Waals surface area contributed by atoms with Crippen molar-refractivity contribution in [1.29, 1.82) is 0 Å². The fourth-order valence-corrected chi connectivity index (χ4v) is 2.06. The maximum Gasteiger partial charge on any atom is 0.0527 e. The van der Waals surface area contributed by atoms with Crippen molar-refractivity contribution < 1.29 is 0 Å². The van der Waals surface area contributed by atoms with E-state index in [9.17, 15) is 0 Å². The van der Waals surface area contributed by atoms with Crippen molar-refractivity contribution in [3.63, 3.8) is 0 Å². The van der Waals surface area contributed by atoms with Crippen molar-refractivity contribution in [3.8, 4) is 0 Å². The highest BCUT2D eigenvalue weighted by Crippen LogP contribution is 2.31. The smallest absolute Gasteiger partial charge is 0.0527 e. The van der Waals surface area contributed by atoms with Gasteiger partial charge in [0.05, 0.1) is 5.69 Å². The normalized spacial score (nSPS) is 14.5. The summed E-state index contributed by atoms with van der Waals surface area (Å²) in [5.41, 5.74) is 3.81. The monoisotopic (exact) mass is 209 g/mol. The molecule has 0 aliphatic heterocycles. The molecule has 1 aliphatic carbocycles. The van der Waals surface area contributed by atoms with E-state index in [0.29, 0.717) is 0 Å². The molecule has 1 aromatic heterocycles. The molecule has 0 unspecified atom stereocenters. The Bertz CT molecular complexity index is 328. The second-order valence-corrected chi connectivity index (χ2v) is 3.56. The fraction of sp³-hybridized carbons (Fsp3) is 0.222. The zero-order chi connectivity index (χ0) is 7.84. The number of hydrogen-bond acceptors (Lipinski definition) is 1. The van der Waals surface area contributed by atoms with Gasteiger partial charge in [-0.3, -0.25) is 4.98 Å². The van der Waals surface area contributed by atoms with Crippen molar-refractivity contribution in [2.24, 2.45) is 0 Å². The van der Waals surface area contributed by atoms with Crippen LogP contribution in [0.3, 0.4) is 0 Å². The predicted molar refractivity (Wildman–Crippen MR) is 49.3 cm³/mol. The molecule has 0 N–H and O–H groups in total. The average molecular weight is 210 g/mol. The molecule has 11 heavy (non-hydrogen) atoms. The molecule has 1 aromatic rings. The lowest BCUT2D eigenvalue weighted by atomic mass is 10.1. The van der Waals surface area contributed by atoms with Gasteiger partial charge in [-0.1, -0.05) is 22.0 Å². The summed E-state index contributed by atoms with van der Waals surface area (Å²) in [7, 11) is 0. The number of rotatable bonds is 0. The van der Waals surface area contributed by atoms with Crippen LogP contribution in [0.25, 0.3) is 5.57 Å². The third kappa shape index (κ3) is 1.02. The van der Waals surface area contributed by atoms with E-state index in [-0.39, 0.29) is 0 Å². The third-order valence-electron chi connectivity index (χ3n) is 1.97. The van der Waals surface area contributed by atoms with Crippen molar-refractivity contribution in [1.82, 2.24) is 4.98 Å². The minimum Gasteiger partial charge on any atom is -0.260 e. The highest BCUT2D eigenvalue weighted by molar-refractivity contribution is 9.10. The molecule has 56 valence electrons. The number of fused-ring (bicyclic) bond motifs is 1. The molecule has 1 aliphatic rings. The van der Waals surface area contributed by atoms with Gasteiger partial charge in [0.25, 0.3) is 0 Å². The van der Waals surface area contributed by atoms with Crippen LogP contribution in [-0.4, -0.2) is 4.98 Å². The van der Waals surface area contributed by atoms with Crippen LogP contribution in [-0.2, 0) is 6.42 Å². The van der Waals surface area contributed by atoms with Crippen molar-refractivity contribution in [3.05, 3.63) is 34.1 Å². The highest BCUT2D eigenvalue weighted by atomic mass is 79.9. The van der Waals surface area contributed by atoms with Crippen LogP contribution in [0.2, 0.25) is 0 Å². The summed E-state index contributed by atoms with van der Waals surface area (Å²) >= 11 is 3.51. The molecule has 0 saturated heterocycles. The zero-order valence-electron chi connectivity index (χ0n) is 6.26. The SMILES string of the molecule is CC1=CCc2nccc(Br)c21. The Balaban J connectivity index is 2.67. The van der Waals surface area contributed by atoms with Gasteiger partial charge < -0.3 is 0 Å². The van der Waals surface area contributed by atoms with Gasteiger partial charge in [-0.15, -0.1) is 0 Å². The number of hydrogen-bond donors (Lipinski definition) is 0. The summed E-state index contributed by atoms with van der Waals surface area (Å²) in [6.45, 7) is 2.12. The van der Waals surface area contributed by atoms with Crippen LogP contribution in [0.5, 0.6) is 0 Å². The Morgan fingerprint density at radius 2 is 2.36 bits per heavy atom. The first kappa shape index (κ1) is 7.04. The topological polar surface area (TPSA) is 12.9 Å². The van der Waals surface area contributed by atoms with Gasteiger partial charge in [0.2, 0.25) is 0 Å². The van der Waals surface area contributed by atoms with Crippen LogP contribution < -0.4 is 0 Å². The standard InChI is InChI=1S/C9H8BrN/c1-6-2-3-8-9(6)7(10)4-5-11-8/h2,4-5H,3H2,1H3. The Labute approximate surface area is 74.3 Å². The summed E-state index contributed by atoms with van der Waals surface area (Å²) in [5, 5.41) is 0. The molecule has 0 amide bonds. The summed E-state index contributed by atoms with van der Waals surface area (Å²) in [5.74, 6) is 0. The largest absolute Gasteiger partial charge is 0.260 e. The number of allylic oxidation sites excluding steroid dienone is 2. The maximum atomic E-state index is 4.29. The van der Waals surface area contributed by atoms with Gasteiger partial charge >= 0.3 is 0 Å². The van der Waals surface area contributed by atoms with Gasteiger partial charge in [0, 0.05) is 22.7 Å². The molecular weight excluding hydrogens is 202 g/mol. The molecule has 0 aromatic carbocycles. The molecule has 0 atom stereocenters. The second kappa shape index (κ2) is 2.45. The molecule has 1 nitrogen and oxygen atoms in total. The lowest BCUT2D eigenvalue weighted by molar-refractivity contribution is 1.12. The minimum atomic E-state index is 0.987. The Hall–Kier alpha value is -0.630. The van der Waals surface area contributed by atoms with E-state index < -0.39 is 0 Å². The van der Waals surface area contributed by atoms with E-state index in [4.69, 9.17) is 0 Å². The third-order valence-corrected chi connectivity index (χ3v) is 2.64. The summed E-state index contributed by atoms with van der Waals surface area (Å²) in [4.78, 5) is 4.29. The van der Waals surface area contributed by atoms with Gasteiger partial charge in [0.1, 0.15) is 0 Å². The molecule has 0 spiro atoms. The fourth-order valence-electron chi connectivity index (χ4n) is 1.40. The summed E-state index contributed by atoms with van der Waals surface area (Å²) < 4.78 is 1.16. The van der Waals surface area contributed by atoms with Crippen molar-refractivity contribution in [2.75, 3.05) is 0 Å². The Morgan fingerprint density at radius 3 is 3.09 bits per heavy atom. The molecular formula is C9H8BrN. The highest BCUT2D eigenvalue weighted by Gasteiger charge is 2.13. The van der Waals surface area contributed by atoms with Crippen LogP contribution in [0.4, 0.5) is 0 Å². The van der Waals surface area contributed by atoms with E-state index in [1.165, 1.54) is 16.8 Å². The first-order valence-electron chi connectivity index (χ1n) is 3.59. The van der Waals surface area contributed by atoms with Gasteiger partial charge in [-0.05, 0) is 18.6 Å².